The van der Waals surface area contributed by atoms with Gasteiger partial charge in [-0.25, -0.2) is 9.97 Å². The van der Waals surface area contributed by atoms with Crippen molar-refractivity contribution in [1.82, 2.24) is 25.1 Å². The number of ether oxygens (including phenoxy) is 1. The highest BCUT2D eigenvalue weighted by atomic mass is 16.5. The number of hydrogen-bond donors (Lipinski definition) is 1. The summed E-state index contributed by atoms with van der Waals surface area (Å²) in [6, 6.07) is 0.420. The topological polar surface area (TPSA) is 66.9 Å². The molecule has 3 heterocycles. The van der Waals surface area contributed by atoms with Gasteiger partial charge in [-0.1, -0.05) is 0 Å². The molecule has 0 saturated carbocycles. The van der Waals surface area contributed by atoms with Crippen LogP contribution in [0.15, 0.2) is 18.6 Å². The van der Waals surface area contributed by atoms with E-state index < -0.39 is 0 Å². The highest BCUT2D eigenvalue weighted by molar-refractivity contribution is 5.19. The quantitative estimate of drug-likeness (QED) is 0.930. The second-order valence-corrected chi connectivity index (χ2v) is 5.62. The molecule has 0 amide bonds. The molecule has 2 aromatic heterocycles. The molecule has 1 atom stereocenters. The molecular weight excluding hydrogens is 266 g/mol. The van der Waals surface area contributed by atoms with Crippen LogP contribution in [0.5, 0.6) is 6.01 Å². The van der Waals surface area contributed by atoms with Gasteiger partial charge in [-0.2, -0.15) is 5.10 Å². The zero-order valence-corrected chi connectivity index (χ0v) is 12.5. The Bertz CT molecular complexity index is 580. The Kier molecular flexibility index (Phi) is 4.15. The largest absolute Gasteiger partial charge is 0.467 e. The van der Waals surface area contributed by atoms with Crippen molar-refractivity contribution in [3.05, 3.63) is 35.4 Å². The Morgan fingerprint density at radius 1 is 1.33 bits per heavy atom. The normalized spacial score (nSPS) is 19.6. The third kappa shape index (κ3) is 3.21. The fraction of sp³-hybridized carbons (Fsp3) is 0.533. The van der Waals surface area contributed by atoms with E-state index in [2.05, 4.69) is 32.0 Å². The number of aryl methyl sites for hydroxylation is 1. The third-order valence-electron chi connectivity index (χ3n) is 4.05. The summed E-state index contributed by atoms with van der Waals surface area (Å²) in [6.45, 7) is 5.17. The van der Waals surface area contributed by atoms with E-state index in [-0.39, 0.29) is 0 Å². The Hall–Kier alpha value is -1.95. The molecule has 0 radical (unpaired) electrons. The Balaban J connectivity index is 1.64. The Labute approximate surface area is 124 Å². The summed E-state index contributed by atoms with van der Waals surface area (Å²) >= 11 is 0. The molecule has 6 nitrogen and oxygen atoms in total. The number of piperidine rings is 1. The number of nitrogens with zero attached hydrogens (tertiary/aromatic N) is 4. The molecule has 2 aromatic rings. The number of likely N-dealkylation sites (tertiary alicyclic amines) is 1. The van der Waals surface area contributed by atoms with Gasteiger partial charge in [0.1, 0.15) is 0 Å². The van der Waals surface area contributed by atoms with Crippen molar-refractivity contribution < 1.29 is 4.74 Å². The van der Waals surface area contributed by atoms with Crippen molar-refractivity contribution in [2.75, 3.05) is 20.2 Å². The number of aromatic nitrogens is 4. The zero-order valence-electron chi connectivity index (χ0n) is 12.5. The van der Waals surface area contributed by atoms with E-state index in [1.54, 1.807) is 7.11 Å². The molecule has 0 aliphatic carbocycles. The van der Waals surface area contributed by atoms with Gasteiger partial charge in [0, 0.05) is 42.7 Å². The van der Waals surface area contributed by atoms with E-state index in [0.29, 0.717) is 11.9 Å². The molecule has 0 spiro atoms. The fourth-order valence-corrected chi connectivity index (χ4v) is 2.99. The lowest BCUT2D eigenvalue weighted by Gasteiger charge is -2.32. The van der Waals surface area contributed by atoms with E-state index in [1.165, 1.54) is 24.1 Å². The highest BCUT2D eigenvalue weighted by Crippen LogP contribution is 2.28. The molecule has 1 aliphatic heterocycles. The SMILES string of the molecule is COc1ncc(CN2CCC[C@@H](c3[nH]ncc3C)C2)cn1. The average Bonchev–Trinajstić information content (AvgIpc) is 2.94. The summed E-state index contributed by atoms with van der Waals surface area (Å²) in [5, 5.41) is 7.30. The number of rotatable bonds is 4. The Morgan fingerprint density at radius 2 is 2.14 bits per heavy atom. The van der Waals surface area contributed by atoms with Crippen LogP contribution in [0.4, 0.5) is 0 Å². The van der Waals surface area contributed by atoms with Crippen LogP contribution >= 0.6 is 0 Å². The molecule has 112 valence electrons. The van der Waals surface area contributed by atoms with Gasteiger partial charge in [0.15, 0.2) is 0 Å². The predicted octanol–water partition coefficient (Wildman–Crippen LogP) is 1.90. The van der Waals surface area contributed by atoms with Crippen LogP contribution in [0.1, 0.15) is 35.6 Å². The standard InChI is InChI=1S/C15H21N5O/c1-11-6-18-19-14(11)13-4-3-5-20(10-13)9-12-7-16-15(21-2)17-8-12/h6-8,13H,3-5,9-10H2,1-2H3,(H,18,19)/t13-/m1/s1. The number of aromatic amines is 1. The van der Waals surface area contributed by atoms with Gasteiger partial charge in [0.25, 0.3) is 0 Å². The van der Waals surface area contributed by atoms with Crippen LogP contribution in [0.2, 0.25) is 0 Å². The van der Waals surface area contributed by atoms with Crippen LogP contribution in [0.3, 0.4) is 0 Å². The van der Waals surface area contributed by atoms with Crippen molar-refractivity contribution in [3.8, 4) is 6.01 Å². The molecule has 1 aliphatic rings. The number of nitrogens with one attached hydrogen (secondary N) is 1. The first kappa shape index (κ1) is 14.0. The summed E-state index contributed by atoms with van der Waals surface area (Å²) in [5.74, 6) is 0.542. The second-order valence-electron chi connectivity index (χ2n) is 5.62. The molecule has 0 unspecified atom stereocenters. The molecule has 1 N–H and O–H groups in total. The maximum absolute atomic E-state index is 4.99. The molecule has 6 heteroatoms. The third-order valence-corrected chi connectivity index (χ3v) is 4.05. The molecule has 3 rings (SSSR count). The first-order chi connectivity index (χ1) is 10.3. The van der Waals surface area contributed by atoms with E-state index in [4.69, 9.17) is 4.74 Å². The molecule has 1 fully saturated rings. The van der Waals surface area contributed by atoms with Crippen molar-refractivity contribution in [3.63, 3.8) is 0 Å². The van der Waals surface area contributed by atoms with Gasteiger partial charge < -0.3 is 4.74 Å². The number of hydrogen-bond acceptors (Lipinski definition) is 5. The average molecular weight is 287 g/mol. The lowest BCUT2D eigenvalue weighted by molar-refractivity contribution is 0.197. The van der Waals surface area contributed by atoms with Crippen molar-refractivity contribution in [2.45, 2.75) is 32.2 Å². The molecule has 21 heavy (non-hydrogen) atoms. The second kappa shape index (κ2) is 6.22. The summed E-state index contributed by atoms with van der Waals surface area (Å²) in [7, 11) is 1.58. The minimum Gasteiger partial charge on any atom is -0.467 e. The molecule has 1 saturated heterocycles. The van der Waals surface area contributed by atoms with Crippen LogP contribution in [0.25, 0.3) is 0 Å². The van der Waals surface area contributed by atoms with Crippen LogP contribution in [-0.4, -0.2) is 45.3 Å². The van der Waals surface area contributed by atoms with E-state index in [1.807, 2.05) is 18.6 Å². The summed E-state index contributed by atoms with van der Waals surface area (Å²) in [4.78, 5) is 10.8. The minimum atomic E-state index is 0.420. The zero-order chi connectivity index (χ0) is 14.7. The van der Waals surface area contributed by atoms with Crippen molar-refractivity contribution in [1.29, 1.82) is 0 Å². The smallest absolute Gasteiger partial charge is 0.316 e. The lowest BCUT2D eigenvalue weighted by Crippen LogP contribution is -2.34. The monoisotopic (exact) mass is 287 g/mol. The van der Waals surface area contributed by atoms with E-state index >= 15 is 0 Å². The van der Waals surface area contributed by atoms with Crippen LogP contribution in [-0.2, 0) is 6.54 Å². The fourth-order valence-electron chi connectivity index (χ4n) is 2.99. The van der Waals surface area contributed by atoms with Crippen LogP contribution < -0.4 is 4.74 Å². The molecule has 0 aromatic carbocycles. The highest BCUT2D eigenvalue weighted by Gasteiger charge is 2.23. The van der Waals surface area contributed by atoms with Gasteiger partial charge in [0.05, 0.1) is 13.3 Å². The van der Waals surface area contributed by atoms with Crippen molar-refractivity contribution in [2.24, 2.45) is 0 Å². The Morgan fingerprint density at radius 3 is 2.81 bits per heavy atom. The summed E-state index contributed by atoms with van der Waals surface area (Å²) < 4.78 is 4.99. The number of H-pyrrole nitrogens is 1. The molecule has 0 bridgehead atoms. The van der Waals surface area contributed by atoms with Gasteiger partial charge in [-0.15, -0.1) is 0 Å². The molecular formula is C15H21N5O. The van der Waals surface area contributed by atoms with Gasteiger partial charge in [-0.3, -0.25) is 10.00 Å². The maximum Gasteiger partial charge on any atom is 0.316 e. The minimum absolute atomic E-state index is 0.420. The first-order valence-corrected chi connectivity index (χ1v) is 7.33. The first-order valence-electron chi connectivity index (χ1n) is 7.33. The lowest BCUT2D eigenvalue weighted by atomic mass is 9.93. The van der Waals surface area contributed by atoms with E-state index in [9.17, 15) is 0 Å². The van der Waals surface area contributed by atoms with Gasteiger partial charge >= 0.3 is 6.01 Å². The van der Waals surface area contributed by atoms with Gasteiger partial charge in [-0.05, 0) is 31.9 Å². The van der Waals surface area contributed by atoms with Crippen LogP contribution in [0, 0.1) is 6.92 Å². The summed E-state index contributed by atoms with van der Waals surface area (Å²) in [5.41, 5.74) is 3.66. The predicted molar refractivity (Wildman–Crippen MR) is 79.2 cm³/mol. The van der Waals surface area contributed by atoms with Gasteiger partial charge in [0.2, 0.25) is 0 Å². The maximum atomic E-state index is 4.99. The van der Waals surface area contributed by atoms with Crippen molar-refractivity contribution >= 4 is 0 Å². The number of methoxy groups -OCH3 is 1. The van der Waals surface area contributed by atoms with E-state index in [0.717, 1.165) is 25.2 Å². The summed E-state index contributed by atoms with van der Waals surface area (Å²) in [6.07, 6.45) is 8.03.